The number of likely N-dealkylation sites (tertiary alicyclic amines) is 1. The number of hydrogen-bond acceptors (Lipinski definition) is 11. The summed E-state index contributed by atoms with van der Waals surface area (Å²) in [5, 5.41) is 25.2. The minimum atomic E-state index is -0.908. The lowest BCUT2D eigenvalue weighted by Gasteiger charge is -2.38. The first kappa shape index (κ1) is 38.8. The molecule has 4 atom stereocenters. The molecule has 54 heavy (non-hydrogen) atoms. The van der Waals surface area contributed by atoms with Crippen LogP contribution in [0.3, 0.4) is 0 Å². The van der Waals surface area contributed by atoms with Crippen molar-refractivity contribution in [2.45, 2.75) is 72.2 Å². The van der Waals surface area contributed by atoms with Crippen LogP contribution in [0.15, 0.2) is 60.1 Å². The van der Waals surface area contributed by atoms with Crippen molar-refractivity contribution < 1.29 is 19.5 Å². The lowest BCUT2D eigenvalue weighted by Crippen LogP contribution is -2.59. The Hall–Kier alpha value is -4.92. The quantitative estimate of drug-likeness (QED) is 0.186. The molecule has 2 aromatic heterocycles. The zero-order valence-electron chi connectivity index (χ0n) is 31.9. The number of carbonyl (C=O) groups is 3. The Morgan fingerprint density at radius 1 is 0.981 bits per heavy atom. The highest BCUT2D eigenvalue weighted by atomic mass is 32.1. The van der Waals surface area contributed by atoms with Crippen LogP contribution in [-0.4, -0.2) is 105 Å². The van der Waals surface area contributed by atoms with E-state index in [1.807, 2.05) is 100 Å². The van der Waals surface area contributed by atoms with Crippen LogP contribution in [0.25, 0.3) is 21.7 Å². The molecule has 6 rings (SSSR count). The number of hydrogen-bond donors (Lipinski definition) is 4. The van der Waals surface area contributed by atoms with Gasteiger partial charge in [0.1, 0.15) is 12.1 Å². The van der Waals surface area contributed by atoms with Gasteiger partial charge in [-0.2, -0.15) is 0 Å². The van der Waals surface area contributed by atoms with E-state index in [1.165, 1.54) is 4.90 Å². The Labute approximate surface area is 321 Å². The minimum absolute atomic E-state index is 0.0111. The molecular weight excluding hydrogens is 703 g/mol. The molecule has 0 aliphatic carbocycles. The molecule has 0 radical (unpaired) electrons. The van der Waals surface area contributed by atoms with E-state index in [-0.39, 0.29) is 43.3 Å². The summed E-state index contributed by atoms with van der Waals surface area (Å²) < 4.78 is 0. The van der Waals surface area contributed by atoms with Gasteiger partial charge in [-0.25, -0.2) is 4.98 Å². The van der Waals surface area contributed by atoms with E-state index < -0.39 is 23.6 Å². The van der Waals surface area contributed by atoms with Crippen molar-refractivity contribution in [1.29, 1.82) is 0 Å². The highest BCUT2D eigenvalue weighted by molar-refractivity contribution is 7.13. The molecule has 4 heterocycles. The summed E-state index contributed by atoms with van der Waals surface area (Å²) >= 11 is 1.58. The van der Waals surface area contributed by atoms with Crippen molar-refractivity contribution in [1.82, 2.24) is 35.6 Å². The van der Waals surface area contributed by atoms with Crippen LogP contribution in [-0.2, 0) is 14.4 Å². The number of nitrogens with one attached hydrogen (secondary N) is 2. The summed E-state index contributed by atoms with van der Waals surface area (Å²) in [6.45, 7) is 14.2. The molecule has 5 N–H and O–H groups in total. The van der Waals surface area contributed by atoms with Crippen molar-refractivity contribution in [2.24, 2.45) is 5.41 Å². The lowest BCUT2D eigenvalue weighted by atomic mass is 9.85. The molecule has 4 aromatic rings. The van der Waals surface area contributed by atoms with Gasteiger partial charge in [0.25, 0.3) is 0 Å². The van der Waals surface area contributed by atoms with Crippen LogP contribution < -0.4 is 21.3 Å². The number of β-amino-alcohol motifs (C(OH)–C–C–N with tert-alkyl or cyclic N) is 1. The number of nitrogens with two attached hydrogens (primary N) is 1. The van der Waals surface area contributed by atoms with Crippen molar-refractivity contribution in [3.63, 3.8) is 0 Å². The second-order valence-electron chi connectivity index (χ2n) is 15.5. The van der Waals surface area contributed by atoms with Crippen LogP contribution in [0.5, 0.6) is 0 Å². The highest BCUT2D eigenvalue weighted by Crippen LogP contribution is 2.31. The molecule has 2 saturated heterocycles. The van der Waals surface area contributed by atoms with Gasteiger partial charge in [0, 0.05) is 44.7 Å². The normalized spacial score (nSPS) is 19.0. The smallest absolute Gasteiger partial charge is 0.246 e. The molecule has 3 amide bonds. The van der Waals surface area contributed by atoms with Crippen molar-refractivity contribution in [2.75, 3.05) is 49.9 Å². The average Bonchev–Trinajstić information content (AvgIpc) is 3.75. The van der Waals surface area contributed by atoms with Crippen molar-refractivity contribution in [3.8, 4) is 21.7 Å². The fourth-order valence-electron chi connectivity index (χ4n) is 7.16. The van der Waals surface area contributed by atoms with Gasteiger partial charge in [-0.1, -0.05) is 68.8 Å². The molecule has 2 aliphatic rings. The molecule has 0 bridgehead atoms. The highest BCUT2D eigenvalue weighted by Gasteiger charge is 2.45. The summed E-state index contributed by atoms with van der Waals surface area (Å²) in [5.41, 5.74) is 14.0. The fourth-order valence-corrected chi connectivity index (χ4v) is 7.97. The molecule has 2 aromatic carbocycles. The van der Waals surface area contributed by atoms with E-state index in [9.17, 15) is 19.5 Å². The molecule has 14 heteroatoms. The summed E-state index contributed by atoms with van der Waals surface area (Å²) in [7, 11) is 0. The minimum Gasteiger partial charge on any atom is -0.391 e. The van der Waals surface area contributed by atoms with Crippen LogP contribution >= 0.6 is 11.3 Å². The monoisotopic (exact) mass is 753 g/mol. The van der Waals surface area contributed by atoms with Crippen LogP contribution in [0.4, 0.5) is 11.5 Å². The van der Waals surface area contributed by atoms with E-state index >= 15 is 0 Å². The first-order valence-corrected chi connectivity index (χ1v) is 19.3. The van der Waals surface area contributed by atoms with E-state index in [4.69, 9.17) is 5.73 Å². The number of carbonyl (C=O) groups excluding carboxylic acids is 3. The fraction of sp³-hybridized carbons (Fsp3) is 0.450. The average molecular weight is 754 g/mol. The predicted octanol–water partition coefficient (Wildman–Crippen LogP) is 3.96. The molecular formula is C40H51N9O4S. The largest absolute Gasteiger partial charge is 0.391 e. The third-order valence-electron chi connectivity index (χ3n) is 10.3. The van der Waals surface area contributed by atoms with Gasteiger partial charge in [0.2, 0.25) is 17.7 Å². The molecule has 286 valence electrons. The van der Waals surface area contributed by atoms with E-state index in [0.717, 1.165) is 44.2 Å². The van der Waals surface area contributed by atoms with Gasteiger partial charge in [0.05, 0.1) is 46.2 Å². The second-order valence-corrected chi connectivity index (χ2v) is 16.4. The molecule has 2 fully saturated rings. The molecule has 0 unspecified atom stereocenters. The zero-order chi connectivity index (χ0) is 38.7. The maximum absolute atomic E-state index is 14.2. The predicted molar refractivity (Wildman–Crippen MR) is 212 cm³/mol. The number of anilines is 2. The molecule has 2 aliphatic heterocycles. The number of aliphatic hydroxyl groups is 1. The maximum Gasteiger partial charge on any atom is 0.246 e. The number of thiazole rings is 1. The summed E-state index contributed by atoms with van der Waals surface area (Å²) in [5.74, 6) is -0.661. The molecule has 0 spiro atoms. The van der Waals surface area contributed by atoms with Crippen molar-refractivity contribution >= 4 is 40.6 Å². The zero-order valence-corrected chi connectivity index (χ0v) is 32.7. The first-order valence-electron chi connectivity index (χ1n) is 18.4. The van der Waals surface area contributed by atoms with Crippen LogP contribution in [0.1, 0.15) is 57.0 Å². The van der Waals surface area contributed by atoms with Gasteiger partial charge in [-0.3, -0.25) is 19.3 Å². The Morgan fingerprint density at radius 2 is 1.70 bits per heavy atom. The van der Waals surface area contributed by atoms with Gasteiger partial charge < -0.3 is 31.3 Å². The summed E-state index contributed by atoms with van der Waals surface area (Å²) in [4.78, 5) is 52.4. The summed E-state index contributed by atoms with van der Waals surface area (Å²) in [6, 6.07) is 15.9. The Morgan fingerprint density at radius 3 is 2.35 bits per heavy atom. The Balaban J connectivity index is 1.05. The van der Waals surface area contributed by atoms with E-state index in [0.29, 0.717) is 32.0 Å². The van der Waals surface area contributed by atoms with E-state index in [1.54, 1.807) is 11.3 Å². The maximum atomic E-state index is 14.2. The molecule has 13 nitrogen and oxygen atoms in total. The van der Waals surface area contributed by atoms with Gasteiger partial charge in [-0.05, 0) is 49.4 Å². The summed E-state index contributed by atoms with van der Waals surface area (Å²) in [6.07, 6.45) is -0.737. The topological polar surface area (TPSA) is 170 Å². The number of nitrogen functional groups attached to an aromatic ring is 1. The number of aryl methyl sites for hydroxylation is 2. The third kappa shape index (κ3) is 8.88. The SMILES string of the molecule is Cc1cccc(-c2cc(N3CCN(CC(=O)N[C@H](C(=O)N4C[C@H](O)C[C@H]4C(=O)N[C@@H](C)c4ccc(-c5scnc5C)cc4)C(C)(C)C)CC3)c(N)nn2)c1. The number of nitrogens with zero attached hydrogens (tertiary/aromatic N) is 6. The number of rotatable bonds is 10. The van der Waals surface area contributed by atoms with E-state index in [2.05, 4.69) is 36.8 Å². The standard InChI is InChI=1S/C40H51N9O4S/c1-24-8-7-9-29(18-24)31-20-32(37(41)46-45-31)48-16-14-47(15-17-48)22-34(51)44-36(40(4,5)6)39(53)49-21-30(50)19-33(49)38(52)43-25(2)27-10-12-28(13-11-27)35-26(3)42-23-54-35/h7-13,18,20,23,25,30,33,36,50H,14-17,19,21-22H2,1-6H3,(H2,41,46)(H,43,52)(H,44,51)/t25-,30+,33-,36+/m0/s1. The number of piperazine rings is 1. The number of amides is 3. The van der Waals surface area contributed by atoms with Gasteiger partial charge in [0.15, 0.2) is 5.82 Å². The van der Waals surface area contributed by atoms with Gasteiger partial charge >= 0.3 is 0 Å². The Kier molecular flexibility index (Phi) is 11.6. The lowest BCUT2D eigenvalue weighted by molar-refractivity contribution is -0.144. The molecule has 0 saturated carbocycles. The van der Waals surface area contributed by atoms with Crippen LogP contribution in [0.2, 0.25) is 0 Å². The Bertz CT molecular complexity index is 1970. The van der Waals surface area contributed by atoms with Crippen LogP contribution in [0, 0.1) is 19.3 Å². The number of aliphatic hydroxyl groups excluding tert-OH is 1. The number of aromatic nitrogens is 3. The number of benzene rings is 2. The second kappa shape index (κ2) is 16.2. The first-order chi connectivity index (χ1) is 25.7. The van der Waals surface area contributed by atoms with Gasteiger partial charge in [-0.15, -0.1) is 21.5 Å². The van der Waals surface area contributed by atoms with Crippen molar-refractivity contribution in [3.05, 3.63) is 76.9 Å². The third-order valence-corrected chi connectivity index (χ3v) is 11.2.